The van der Waals surface area contributed by atoms with Crippen LogP contribution in [0.15, 0.2) is 48.5 Å². The Labute approximate surface area is 140 Å². The van der Waals surface area contributed by atoms with Crippen molar-refractivity contribution in [1.29, 1.82) is 0 Å². The molecule has 2 aromatic carbocycles. The third-order valence-electron chi connectivity index (χ3n) is 3.17. The molecule has 2 rings (SSSR count). The Bertz CT molecular complexity index is 683. The molecule has 0 aliphatic heterocycles. The van der Waals surface area contributed by atoms with E-state index in [2.05, 4.69) is 5.32 Å². The van der Waals surface area contributed by atoms with Gasteiger partial charge in [0, 0.05) is 29.1 Å². The first kappa shape index (κ1) is 17.0. The van der Waals surface area contributed by atoms with Gasteiger partial charge in [-0.1, -0.05) is 23.7 Å². The molecule has 0 aliphatic rings. The lowest BCUT2D eigenvalue weighted by atomic mass is 10.1. The molecule has 120 valence electrons. The molecular formula is C18H18ClNO3. The summed E-state index contributed by atoms with van der Waals surface area (Å²) in [6, 6.07) is 13.8. The SMILES string of the molecule is CCOc1ccc(NC(=O)CCC(=O)c2cccc(Cl)c2)cc1. The van der Waals surface area contributed by atoms with E-state index in [9.17, 15) is 9.59 Å². The van der Waals surface area contributed by atoms with Gasteiger partial charge in [-0.3, -0.25) is 9.59 Å². The van der Waals surface area contributed by atoms with Gasteiger partial charge < -0.3 is 10.1 Å². The van der Waals surface area contributed by atoms with Crippen molar-refractivity contribution in [2.75, 3.05) is 11.9 Å². The van der Waals surface area contributed by atoms with Crippen LogP contribution in [0.3, 0.4) is 0 Å². The Morgan fingerprint density at radius 3 is 2.48 bits per heavy atom. The Hall–Kier alpha value is -2.33. The van der Waals surface area contributed by atoms with Gasteiger partial charge >= 0.3 is 0 Å². The van der Waals surface area contributed by atoms with Crippen LogP contribution >= 0.6 is 11.6 Å². The van der Waals surface area contributed by atoms with Crippen molar-refractivity contribution in [3.8, 4) is 5.75 Å². The van der Waals surface area contributed by atoms with Gasteiger partial charge in [0.05, 0.1) is 6.61 Å². The number of benzene rings is 2. The Morgan fingerprint density at radius 2 is 1.83 bits per heavy atom. The molecule has 0 radical (unpaired) electrons. The number of hydrogen-bond donors (Lipinski definition) is 1. The van der Waals surface area contributed by atoms with Crippen LogP contribution in [0.25, 0.3) is 0 Å². The highest BCUT2D eigenvalue weighted by Gasteiger charge is 2.10. The molecule has 1 amide bonds. The lowest BCUT2D eigenvalue weighted by Gasteiger charge is -2.07. The Morgan fingerprint density at radius 1 is 1.09 bits per heavy atom. The van der Waals surface area contributed by atoms with E-state index < -0.39 is 0 Å². The lowest BCUT2D eigenvalue weighted by molar-refractivity contribution is -0.116. The van der Waals surface area contributed by atoms with E-state index in [1.165, 1.54) is 0 Å². The van der Waals surface area contributed by atoms with Gasteiger partial charge in [-0.25, -0.2) is 0 Å². The zero-order valence-corrected chi connectivity index (χ0v) is 13.6. The molecule has 0 saturated heterocycles. The Kier molecular flexibility index (Phi) is 6.18. The van der Waals surface area contributed by atoms with E-state index in [0.717, 1.165) is 5.75 Å². The van der Waals surface area contributed by atoms with Crippen molar-refractivity contribution in [3.63, 3.8) is 0 Å². The Balaban J connectivity index is 1.84. The number of rotatable bonds is 7. The summed E-state index contributed by atoms with van der Waals surface area (Å²) in [5.41, 5.74) is 1.19. The van der Waals surface area contributed by atoms with Crippen LogP contribution in [0, 0.1) is 0 Å². The quantitative estimate of drug-likeness (QED) is 0.768. The fourth-order valence-electron chi connectivity index (χ4n) is 2.06. The summed E-state index contributed by atoms with van der Waals surface area (Å²) in [6.45, 7) is 2.50. The minimum Gasteiger partial charge on any atom is -0.494 e. The average Bonchev–Trinajstić information content (AvgIpc) is 2.55. The molecule has 23 heavy (non-hydrogen) atoms. The molecule has 1 N–H and O–H groups in total. The number of nitrogens with one attached hydrogen (secondary N) is 1. The van der Waals surface area contributed by atoms with Crippen molar-refractivity contribution in [1.82, 2.24) is 0 Å². The second kappa shape index (κ2) is 8.34. The fraction of sp³-hybridized carbons (Fsp3) is 0.222. The van der Waals surface area contributed by atoms with Crippen LogP contribution in [0.2, 0.25) is 5.02 Å². The van der Waals surface area contributed by atoms with Gasteiger partial charge in [0.15, 0.2) is 5.78 Å². The van der Waals surface area contributed by atoms with Gasteiger partial charge in [0.1, 0.15) is 5.75 Å². The zero-order valence-electron chi connectivity index (χ0n) is 12.8. The maximum atomic E-state index is 12.0. The van der Waals surface area contributed by atoms with Crippen LogP contribution in [0.1, 0.15) is 30.1 Å². The summed E-state index contributed by atoms with van der Waals surface area (Å²) >= 11 is 5.85. The molecule has 0 fully saturated rings. The molecule has 0 bridgehead atoms. The molecular weight excluding hydrogens is 314 g/mol. The highest BCUT2D eigenvalue weighted by molar-refractivity contribution is 6.31. The lowest BCUT2D eigenvalue weighted by Crippen LogP contribution is -2.13. The normalized spacial score (nSPS) is 10.2. The van der Waals surface area contributed by atoms with E-state index in [1.807, 2.05) is 6.92 Å². The number of halogens is 1. The van der Waals surface area contributed by atoms with Crippen LogP contribution in [-0.4, -0.2) is 18.3 Å². The first-order valence-electron chi connectivity index (χ1n) is 7.40. The third-order valence-corrected chi connectivity index (χ3v) is 3.41. The van der Waals surface area contributed by atoms with E-state index >= 15 is 0 Å². The molecule has 0 spiro atoms. The number of amides is 1. The molecule has 0 aliphatic carbocycles. The maximum absolute atomic E-state index is 12.0. The number of carbonyl (C=O) groups excluding carboxylic acids is 2. The number of anilines is 1. The van der Waals surface area contributed by atoms with Gasteiger partial charge in [0.25, 0.3) is 0 Å². The molecule has 0 atom stereocenters. The zero-order chi connectivity index (χ0) is 16.7. The highest BCUT2D eigenvalue weighted by atomic mass is 35.5. The summed E-state index contributed by atoms with van der Waals surface area (Å²) in [4.78, 5) is 23.9. The second-order valence-corrected chi connectivity index (χ2v) is 5.38. The van der Waals surface area contributed by atoms with Crippen molar-refractivity contribution < 1.29 is 14.3 Å². The minimum atomic E-state index is -0.204. The van der Waals surface area contributed by atoms with Crippen LogP contribution in [0.5, 0.6) is 5.75 Å². The van der Waals surface area contributed by atoms with Crippen molar-refractivity contribution >= 4 is 29.0 Å². The first-order chi connectivity index (χ1) is 11.1. The van der Waals surface area contributed by atoms with E-state index in [1.54, 1.807) is 48.5 Å². The first-order valence-corrected chi connectivity index (χ1v) is 7.77. The topological polar surface area (TPSA) is 55.4 Å². The second-order valence-electron chi connectivity index (χ2n) is 4.94. The van der Waals surface area contributed by atoms with Crippen LogP contribution < -0.4 is 10.1 Å². The summed E-state index contributed by atoms with van der Waals surface area (Å²) < 4.78 is 5.34. The summed E-state index contributed by atoms with van der Waals surface area (Å²) in [5.74, 6) is 0.445. The van der Waals surface area contributed by atoms with E-state index in [0.29, 0.717) is 22.9 Å². The van der Waals surface area contributed by atoms with Gasteiger partial charge in [-0.2, -0.15) is 0 Å². The van der Waals surface area contributed by atoms with Crippen molar-refractivity contribution in [2.45, 2.75) is 19.8 Å². The van der Waals surface area contributed by atoms with Gasteiger partial charge in [0.2, 0.25) is 5.91 Å². The fourth-order valence-corrected chi connectivity index (χ4v) is 2.25. The maximum Gasteiger partial charge on any atom is 0.224 e. The van der Waals surface area contributed by atoms with E-state index in [-0.39, 0.29) is 24.5 Å². The van der Waals surface area contributed by atoms with Gasteiger partial charge in [-0.05, 0) is 43.3 Å². The standard InChI is InChI=1S/C18H18ClNO3/c1-2-23-16-8-6-15(7-9-16)20-18(22)11-10-17(21)13-4-3-5-14(19)12-13/h3-9,12H,2,10-11H2,1H3,(H,20,22). The number of ketones is 1. The summed E-state index contributed by atoms with van der Waals surface area (Å²) in [5, 5.41) is 3.27. The number of carbonyl (C=O) groups is 2. The van der Waals surface area contributed by atoms with Crippen LogP contribution in [-0.2, 0) is 4.79 Å². The predicted molar refractivity (Wildman–Crippen MR) is 91.3 cm³/mol. The van der Waals surface area contributed by atoms with E-state index in [4.69, 9.17) is 16.3 Å². The summed E-state index contributed by atoms with van der Waals surface area (Å²) in [7, 11) is 0. The monoisotopic (exact) mass is 331 g/mol. The molecule has 0 unspecified atom stereocenters. The summed E-state index contributed by atoms with van der Waals surface area (Å²) in [6.07, 6.45) is 0.266. The smallest absolute Gasteiger partial charge is 0.224 e. The van der Waals surface area contributed by atoms with Gasteiger partial charge in [-0.15, -0.1) is 0 Å². The number of ether oxygens (including phenoxy) is 1. The number of Topliss-reactive ketones (excluding diaryl/α,β-unsaturated/α-hetero) is 1. The molecule has 0 aromatic heterocycles. The van der Waals surface area contributed by atoms with Crippen molar-refractivity contribution in [3.05, 3.63) is 59.1 Å². The molecule has 2 aromatic rings. The van der Waals surface area contributed by atoms with Crippen molar-refractivity contribution in [2.24, 2.45) is 0 Å². The molecule has 0 saturated carbocycles. The highest BCUT2D eigenvalue weighted by Crippen LogP contribution is 2.16. The third kappa shape index (κ3) is 5.42. The molecule has 5 heteroatoms. The van der Waals surface area contributed by atoms with Crippen LogP contribution in [0.4, 0.5) is 5.69 Å². The minimum absolute atomic E-state index is 0.102. The average molecular weight is 332 g/mol. The molecule has 4 nitrogen and oxygen atoms in total. The molecule has 0 heterocycles. The number of hydrogen-bond acceptors (Lipinski definition) is 3. The largest absolute Gasteiger partial charge is 0.494 e. The predicted octanol–water partition coefficient (Wildman–Crippen LogP) is 4.34.